The highest BCUT2D eigenvalue weighted by atomic mass is 32.1. The molecule has 21 heavy (non-hydrogen) atoms. The van der Waals surface area contributed by atoms with E-state index in [9.17, 15) is 8.78 Å². The normalized spacial score (nSPS) is 15.5. The van der Waals surface area contributed by atoms with Gasteiger partial charge in [0.1, 0.15) is 22.1 Å². The van der Waals surface area contributed by atoms with Crippen LogP contribution in [-0.2, 0) is 6.42 Å². The first-order valence-electron chi connectivity index (χ1n) is 7.16. The van der Waals surface area contributed by atoms with E-state index in [1.807, 2.05) is 6.07 Å². The number of H-pyrrole nitrogens is 1. The van der Waals surface area contributed by atoms with E-state index in [2.05, 4.69) is 9.97 Å². The smallest absolute Gasteiger partial charge is 0.130 e. The highest BCUT2D eigenvalue weighted by Crippen LogP contribution is 2.33. The molecule has 0 radical (unpaired) electrons. The van der Waals surface area contributed by atoms with Crippen molar-refractivity contribution in [3.8, 4) is 0 Å². The van der Waals surface area contributed by atoms with E-state index in [0.717, 1.165) is 24.6 Å². The first kappa shape index (κ1) is 14.3. The minimum atomic E-state index is -0.572. The number of nitrogens with one attached hydrogen (secondary N) is 1. The minimum absolute atomic E-state index is 0.288. The lowest BCUT2D eigenvalue weighted by Gasteiger charge is -2.12. The molecular weight excluding hydrogens is 290 g/mol. The summed E-state index contributed by atoms with van der Waals surface area (Å²) in [5, 5.41) is 0. The summed E-state index contributed by atoms with van der Waals surface area (Å²) in [6.07, 6.45) is 5.06. The van der Waals surface area contributed by atoms with Crippen molar-refractivity contribution >= 4 is 12.2 Å². The minimum Gasteiger partial charge on any atom is -0.347 e. The van der Waals surface area contributed by atoms with E-state index in [0.29, 0.717) is 21.9 Å². The summed E-state index contributed by atoms with van der Waals surface area (Å²) in [4.78, 5) is 7.54. The maximum absolute atomic E-state index is 13.7. The fourth-order valence-corrected chi connectivity index (χ4v) is 3.15. The standard InChI is InChI=1S/C16H16F2N2S/c17-12-6-5-11(13(18)8-12)7-15-19-14(9-16(21)20-15)10-3-1-2-4-10/h5-6,8-10H,1-4,7H2,(H,19,20,21). The van der Waals surface area contributed by atoms with E-state index in [-0.39, 0.29) is 6.42 Å². The molecular formula is C16H16F2N2S. The third-order valence-electron chi connectivity index (χ3n) is 3.98. The molecule has 0 spiro atoms. The molecule has 1 aliphatic rings. The van der Waals surface area contributed by atoms with Gasteiger partial charge in [0.25, 0.3) is 0 Å². The number of hydrogen-bond donors (Lipinski definition) is 1. The van der Waals surface area contributed by atoms with Crippen LogP contribution in [0.25, 0.3) is 0 Å². The predicted molar refractivity (Wildman–Crippen MR) is 79.8 cm³/mol. The lowest BCUT2D eigenvalue weighted by atomic mass is 10.0. The van der Waals surface area contributed by atoms with Crippen molar-refractivity contribution in [2.24, 2.45) is 0 Å². The lowest BCUT2D eigenvalue weighted by molar-refractivity contribution is 0.573. The molecule has 0 bridgehead atoms. The second-order valence-electron chi connectivity index (χ2n) is 5.52. The Bertz CT molecular complexity index is 706. The van der Waals surface area contributed by atoms with Crippen LogP contribution in [0.5, 0.6) is 0 Å². The number of aromatic nitrogens is 2. The summed E-state index contributed by atoms with van der Waals surface area (Å²) in [6, 6.07) is 5.50. The number of benzene rings is 1. The molecule has 1 aromatic carbocycles. The average Bonchev–Trinajstić information content (AvgIpc) is 2.95. The summed E-state index contributed by atoms with van der Waals surface area (Å²) in [6.45, 7) is 0. The quantitative estimate of drug-likeness (QED) is 0.835. The van der Waals surface area contributed by atoms with Crippen molar-refractivity contribution in [3.63, 3.8) is 0 Å². The number of nitrogens with zero attached hydrogens (tertiary/aromatic N) is 1. The Balaban J connectivity index is 1.89. The van der Waals surface area contributed by atoms with E-state index in [1.165, 1.54) is 25.0 Å². The van der Waals surface area contributed by atoms with Crippen LogP contribution in [0, 0.1) is 16.3 Å². The molecule has 0 saturated heterocycles. The van der Waals surface area contributed by atoms with Crippen LogP contribution in [0.1, 0.15) is 48.7 Å². The number of hydrogen-bond acceptors (Lipinski definition) is 2. The van der Waals surface area contributed by atoms with Crippen molar-refractivity contribution in [3.05, 3.63) is 57.6 Å². The van der Waals surface area contributed by atoms with Gasteiger partial charge in [-0.15, -0.1) is 0 Å². The Labute approximate surface area is 127 Å². The van der Waals surface area contributed by atoms with E-state index < -0.39 is 11.6 Å². The number of halogens is 2. The van der Waals surface area contributed by atoms with Gasteiger partial charge in [0.05, 0.1) is 0 Å². The number of rotatable bonds is 3. The predicted octanol–water partition coefficient (Wildman–Crippen LogP) is 4.67. The molecule has 2 nitrogen and oxygen atoms in total. The Kier molecular flexibility index (Phi) is 4.10. The maximum atomic E-state index is 13.7. The van der Waals surface area contributed by atoms with Gasteiger partial charge in [0.15, 0.2) is 0 Å². The van der Waals surface area contributed by atoms with Crippen LogP contribution in [0.3, 0.4) is 0 Å². The molecule has 3 rings (SSSR count). The van der Waals surface area contributed by atoms with Crippen LogP contribution < -0.4 is 0 Å². The van der Waals surface area contributed by atoms with Crippen LogP contribution >= 0.6 is 12.2 Å². The summed E-state index contributed by atoms with van der Waals surface area (Å²) in [7, 11) is 0. The molecule has 1 fully saturated rings. The van der Waals surface area contributed by atoms with Crippen molar-refractivity contribution in [2.75, 3.05) is 0 Å². The van der Waals surface area contributed by atoms with Crippen LogP contribution in [-0.4, -0.2) is 9.97 Å². The largest absolute Gasteiger partial charge is 0.347 e. The van der Waals surface area contributed by atoms with Gasteiger partial charge in [-0.05, 0) is 36.5 Å². The molecule has 2 aromatic rings. The fraction of sp³-hybridized carbons (Fsp3) is 0.375. The molecule has 1 heterocycles. The van der Waals surface area contributed by atoms with Gasteiger partial charge in [0, 0.05) is 18.2 Å². The van der Waals surface area contributed by atoms with Gasteiger partial charge in [0.2, 0.25) is 0 Å². The summed E-state index contributed by atoms with van der Waals surface area (Å²) >= 11 is 5.21. The second-order valence-corrected chi connectivity index (χ2v) is 5.93. The van der Waals surface area contributed by atoms with Crippen LogP contribution in [0.4, 0.5) is 8.78 Å². The molecule has 1 aliphatic carbocycles. The fourth-order valence-electron chi connectivity index (χ4n) is 2.91. The first-order valence-corrected chi connectivity index (χ1v) is 7.57. The summed E-state index contributed by atoms with van der Waals surface area (Å²) < 4.78 is 27.2. The first-order chi connectivity index (χ1) is 10.1. The molecule has 1 N–H and O–H groups in total. The van der Waals surface area contributed by atoms with Gasteiger partial charge < -0.3 is 4.98 Å². The highest BCUT2D eigenvalue weighted by Gasteiger charge is 2.18. The van der Waals surface area contributed by atoms with Gasteiger partial charge in [-0.2, -0.15) is 0 Å². The summed E-state index contributed by atoms with van der Waals surface area (Å²) in [5.74, 6) is 0.000615. The zero-order chi connectivity index (χ0) is 14.8. The molecule has 0 aliphatic heterocycles. The van der Waals surface area contributed by atoms with Crippen molar-refractivity contribution in [1.29, 1.82) is 0 Å². The van der Waals surface area contributed by atoms with Crippen LogP contribution in [0.15, 0.2) is 24.3 Å². The van der Waals surface area contributed by atoms with Crippen molar-refractivity contribution < 1.29 is 8.78 Å². The molecule has 110 valence electrons. The molecule has 5 heteroatoms. The lowest BCUT2D eigenvalue weighted by Crippen LogP contribution is -2.05. The van der Waals surface area contributed by atoms with Crippen molar-refractivity contribution in [2.45, 2.75) is 38.0 Å². The Morgan fingerprint density at radius 3 is 2.67 bits per heavy atom. The zero-order valence-corrected chi connectivity index (χ0v) is 12.4. The third kappa shape index (κ3) is 3.35. The van der Waals surface area contributed by atoms with E-state index in [4.69, 9.17) is 12.2 Å². The molecule has 0 atom stereocenters. The SMILES string of the molecule is Fc1ccc(Cc2nc(=S)cc(C3CCCC3)[nH]2)c(F)c1. The van der Waals surface area contributed by atoms with E-state index >= 15 is 0 Å². The average molecular weight is 306 g/mol. The third-order valence-corrected chi connectivity index (χ3v) is 4.19. The topological polar surface area (TPSA) is 28.7 Å². The van der Waals surface area contributed by atoms with Crippen molar-refractivity contribution in [1.82, 2.24) is 9.97 Å². The van der Waals surface area contributed by atoms with Gasteiger partial charge in [-0.25, -0.2) is 13.8 Å². The maximum Gasteiger partial charge on any atom is 0.130 e. The van der Waals surface area contributed by atoms with Crippen LogP contribution in [0.2, 0.25) is 0 Å². The Hall–Kier alpha value is -1.62. The van der Waals surface area contributed by atoms with Gasteiger partial charge in [-0.1, -0.05) is 31.1 Å². The molecule has 0 unspecified atom stereocenters. The highest BCUT2D eigenvalue weighted by molar-refractivity contribution is 7.71. The second kappa shape index (κ2) is 6.02. The van der Waals surface area contributed by atoms with Gasteiger partial charge >= 0.3 is 0 Å². The van der Waals surface area contributed by atoms with Gasteiger partial charge in [-0.3, -0.25) is 0 Å². The van der Waals surface area contributed by atoms with E-state index in [1.54, 1.807) is 0 Å². The zero-order valence-electron chi connectivity index (χ0n) is 11.5. The summed E-state index contributed by atoms with van der Waals surface area (Å²) in [5.41, 5.74) is 1.50. The molecule has 0 amide bonds. The Morgan fingerprint density at radius 1 is 1.19 bits per heavy atom. The Morgan fingerprint density at radius 2 is 1.95 bits per heavy atom. The number of aromatic amines is 1. The molecule has 1 saturated carbocycles. The monoisotopic (exact) mass is 306 g/mol. The molecule has 1 aromatic heterocycles.